The van der Waals surface area contributed by atoms with E-state index in [1.807, 2.05) is 62.4 Å². The Morgan fingerprint density at radius 2 is 1.79 bits per heavy atom. The Kier molecular flexibility index (Phi) is 6.54. The van der Waals surface area contributed by atoms with Gasteiger partial charge in [-0.25, -0.2) is 0 Å². The van der Waals surface area contributed by atoms with Crippen molar-refractivity contribution < 1.29 is 14.3 Å². The van der Waals surface area contributed by atoms with E-state index >= 15 is 0 Å². The zero-order valence-electron chi connectivity index (χ0n) is 17.3. The molecule has 1 aromatic heterocycles. The number of carbonyl (C=O) groups excluding carboxylic acids is 1. The zero-order chi connectivity index (χ0) is 20.8. The zero-order valence-corrected chi connectivity index (χ0v) is 17.3. The SMILES string of the molecule is CCc1[nH]nc(-c2ccc(OC)c(OC)c2)c1NC(=O)[C@@H](CC)c1ccccc1. The molecule has 3 aromatic rings. The molecule has 152 valence electrons. The lowest BCUT2D eigenvalue weighted by molar-refractivity contribution is -0.117. The fourth-order valence-corrected chi connectivity index (χ4v) is 3.43. The van der Waals surface area contributed by atoms with E-state index in [9.17, 15) is 4.79 Å². The lowest BCUT2D eigenvalue weighted by Crippen LogP contribution is -2.21. The maximum absolute atomic E-state index is 13.1. The largest absolute Gasteiger partial charge is 0.493 e. The van der Waals surface area contributed by atoms with Gasteiger partial charge in [0.15, 0.2) is 11.5 Å². The number of carbonyl (C=O) groups is 1. The van der Waals surface area contributed by atoms with Gasteiger partial charge in [0.25, 0.3) is 0 Å². The van der Waals surface area contributed by atoms with Crippen molar-refractivity contribution in [1.29, 1.82) is 0 Å². The molecule has 0 aliphatic heterocycles. The molecule has 0 aliphatic carbocycles. The lowest BCUT2D eigenvalue weighted by Gasteiger charge is -2.16. The van der Waals surface area contributed by atoms with Crippen molar-refractivity contribution in [2.75, 3.05) is 19.5 Å². The minimum Gasteiger partial charge on any atom is -0.493 e. The van der Waals surface area contributed by atoms with E-state index in [0.29, 0.717) is 29.3 Å². The molecule has 0 fully saturated rings. The summed E-state index contributed by atoms with van der Waals surface area (Å²) in [7, 11) is 3.19. The minimum atomic E-state index is -0.228. The standard InChI is InChI=1S/C23H27N3O3/c1-5-17(15-10-8-7-9-11-15)23(27)24-22-18(6-2)25-26-21(22)16-12-13-19(28-3)20(14-16)29-4/h7-14,17H,5-6H2,1-4H3,(H,24,27)(H,25,26)/t17-/m0/s1. The number of H-pyrrole nitrogens is 1. The third-order valence-corrected chi connectivity index (χ3v) is 5.03. The molecule has 29 heavy (non-hydrogen) atoms. The smallest absolute Gasteiger partial charge is 0.232 e. The Morgan fingerprint density at radius 3 is 2.41 bits per heavy atom. The summed E-state index contributed by atoms with van der Waals surface area (Å²) in [5.41, 5.74) is 4.10. The highest BCUT2D eigenvalue weighted by atomic mass is 16.5. The molecule has 1 amide bonds. The molecule has 6 heteroatoms. The van der Waals surface area contributed by atoms with E-state index in [1.165, 1.54) is 0 Å². The first-order chi connectivity index (χ1) is 14.1. The number of hydrogen-bond acceptors (Lipinski definition) is 4. The molecular weight excluding hydrogens is 366 g/mol. The van der Waals surface area contributed by atoms with Gasteiger partial charge in [0.1, 0.15) is 5.69 Å². The third-order valence-electron chi connectivity index (χ3n) is 5.03. The number of rotatable bonds is 8. The van der Waals surface area contributed by atoms with Crippen molar-refractivity contribution in [3.05, 3.63) is 59.8 Å². The number of ether oxygens (including phenoxy) is 2. The molecule has 0 saturated carbocycles. The number of anilines is 1. The average molecular weight is 393 g/mol. The summed E-state index contributed by atoms with van der Waals surface area (Å²) in [6.07, 6.45) is 1.43. The Morgan fingerprint density at radius 1 is 1.07 bits per heavy atom. The van der Waals surface area contributed by atoms with Crippen LogP contribution in [0.25, 0.3) is 11.3 Å². The summed E-state index contributed by atoms with van der Waals surface area (Å²) in [6.45, 7) is 4.04. The number of aryl methyl sites for hydroxylation is 1. The third kappa shape index (κ3) is 4.26. The van der Waals surface area contributed by atoms with E-state index in [2.05, 4.69) is 15.5 Å². The summed E-state index contributed by atoms with van der Waals surface area (Å²) in [4.78, 5) is 13.1. The molecule has 0 unspecified atom stereocenters. The minimum absolute atomic E-state index is 0.0449. The van der Waals surface area contributed by atoms with Crippen LogP contribution in [0.3, 0.4) is 0 Å². The first kappa shape index (κ1) is 20.5. The maximum Gasteiger partial charge on any atom is 0.232 e. The summed E-state index contributed by atoms with van der Waals surface area (Å²) in [5, 5.41) is 10.6. The highest BCUT2D eigenvalue weighted by Crippen LogP contribution is 2.36. The Bertz CT molecular complexity index is 967. The molecule has 0 bridgehead atoms. The van der Waals surface area contributed by atoms with Crippen LogP contribution in [-0.4, -0.2) is 30.3 Å². The van der Waals surface area contributed by atoms with Crippen molar-refractivity contribution in [2.45, 2.75) is 32.6 Å². The number of benzene rings is 2. The van der Waals surface area contributed by atoms with Gasteiger partial charge in [-0.1, -0.05) is 44.2 Å². The van der Waals surface area contributed by atoms with Crippen LogP contribution in [0, 0.1) is 0 Å². The maximum atomic E-state index is 13.1. The molecular formula is C23H27N3O3. The van der Waals surface area contributed by atoms with Crippen LogP contribution in [0.1, 0.15) is 37.4 Å². The van der Waals surface area contributed by atoms with Crippen LogP contribution >= 0.6 is 0 Å². The van der Waals surface area contributed by atoms with E-state index in [0.717, 1.165) is 23.2 Å². The van der Waals surface area contributed by atoms with Gasteiger partial charge >= 0.3 is 0 Å². The van der Waals surface area contributed by atoms with Crippen LogP contribution in [0.4, 0.5) is 5.69 Å². The van der Waals surface area contributed by atoms with Crippen LogP contribution in [0.2, 0.25) is 0 Å². The first-order valence-corrected chi connectivity index (χ1v) is 9.78. The van der Waals surface area contributed by atoms with Crippen LogP contribution in [-0.2, 0) is 11.2 Å². The molecule has 1 atom stereocenters. The van der Waals surface area contributed by atoms with Crippen molar-refractivity contribution in [2.24, 2.45) is 0 Å². The Hall–Kier alpha value is -3.28. The van der Waals surface area contributed by atoms with Gasteiger partial charge in [0.2, 0.25) is 5.91 Å². The predicted octanol–water partition coefficient (Wildman–Crippen LogP) is 4.79. The van der Waals surface area contributed by atoms with Crippen LogP contribution in [0.5, 0.6) is 11.5 Å². The number of nitrogens with one attached hydrogen (secondary N) is 2. The molecule has 3 rings (SSSR count). The number of amides is 1. The highest BCUT2D eigenvalue weighted by Gasteiger charge is 2.23. The second kappa shape index (κ2) is 9.28. The van der Waals surface area contributed by atoms with E-state index in [-0.39, 0.29) is 11.8 Å². The predicted molar refractivity (Wildman–Crippen MR) is 115 cm³/mol. The Labute approximate surface area is 171 Å². The van der Waals surface area contributed by atoms with Crippen molar-refractivity contribution >= 4 is 11.6 Å². The summed E-state index contributed by atoms with van der Waals surface area (Å²) in [6, 6.07) is 15.4. The van der Waals surface area contributed by atoms with E-state index < -0.39 is 0 Å². The number of hydrogen-bond donors (Lipinski definition) is 2. The lowest BCUT2D eigenvalue weighted by atomic mass is 9.95. The number of nitrogens with zero attached hydrogens (tertiary/aromatic N) is 1. The summed E-state index contributed by atoms with van der Waals surface area (Å²) < 4.78 is 10.7. The quantitative estimate of drug-likeness (QED) is 0.577. The van der Waals surface area contributed by atoms with E-state index in [4.69, 9.17) is 9.47 Å². The van der Waals surface area contributed by atoms with Gasteiger partial charge < -0.3 is 14.8 Å². The number of aromatic amines is 1. The van der Waals surface area contributed by atoms with Gasteiger partial charge in [-0.05, 0) is 36.6 Å². The normalized spacial score (nSPS) is 11.7. The fourth-order valence-electron chi connectivity index (χ4n) is 3.43. The van der Waals surface area contributed by atoms with Crippen LogP contribution in [0.15, 0.2) is 48.5 Å². The van der Waals surface area contributed by atoms with Gasteiger partial charge in [-0.3, -0.25) is 9.89 Å². The van der Waals surface area contributed by atoms with Gasteiger partial charge in [-0.2, -0.15) is 5.10 Å². The topological polar surface area (TPSA) is 76.2 Å². The molecule has 0 aliphatic rings. The second-order valence-electron chi connectivity index (χ2n) is 6.71. The second-order valence-corrected chi connectivity index (χ2v) is 6.71. The summed E-state index contributed by atoms with van der Waals surface area (Å²) >= 11 is 0. The van der Waals surface area contributed by atoms with Gasteiger partial charge in [0, 0.05) is 5.56 Å². The molecule has 0 radical (unpaired) electrons. The van der Waals surface area contributed by atoms with Crippen molar-refractivity contribution in [3.63, 3.8) is 0 Å². The molecule has 1 heterocycles. The monoisotopic (exact) mass is 393 g/mol. The molecule has 2 aromatic carbocycles. The van der Waals surface area contributed by atoms with E-state index in [1.54, 1.807) is 14.2 Å². The molecule has 0 saturated heterocycles. The fraction of sp³-hybridized carbons (Fsp3) is 0.304. The first-order valence-electron chi connectivity index (χ1n) is 9.78. The average Bonchev–Trinajstić information content (AvgIpc) is 3.16. The van der Waals surface area contributed by atoms with Crippen molar-refractivity contribution in [3.8, 4) is 22.8 Å². The molecule has 0 spiro atoms. The molecule has 6 nitrogen and oxygen atoms in total. The number of aromatic nitrogens is 2. The molecule has 2 N–H and O–H groups in total. The van der Waals surface area contributed by atoms with Crippen LogP contribution < -0.4 is 14.8 Å². The van der Waals surface area contributed by atoms with Gasteiger partial charge in [0.05, 0.1) is 31.5 Å². The highest BCUT2D eigenvalue weighted by molar-refractivity contribution is 5.99. The summed E-state index contributed by atoms with van der Waals surface area (Å²) in [5.74, 6) is 0.979. The van der Waals surface area contributed by atoms with Crippen molar-refractivity contribution in [1.82, 2.24) is 10.2 Å². The number of methoxy groups -OCH3 is 2. The van der Waals surface area contributed by atoms with Gasteiger partial charge in [-0.15, -0.1) is 0 Å². The Balaban J connectivity index is 1.96.